The van der Waals surface area contributed by atoms with Crippen LogP contribution in [-0.4, -0.2) is 14.6 Å². The fraction of sp³-hybridized carbons (Fsp3) is 0.455. The summed E-state index contributed by atoms with van der Waals surface area (Å²) in [4.78, 5) is 3.62. The summed E-state index contributed by atoms with van der Waals surface area (Å²) in [6.07, 6.45) is -2.91. The average molecular weight is 243 g/mol. The third kappa shape index (κ3) is 1.99. The van der Waals surface area contributed by atoms with Crippen molar-refractivity contribution in [1.29, 1.82) is 0 Å². The Bertz CT molecular complexity index is 555. The van der Waals surface area contributed by atoms with Crippen LogP contribution >= 0.6 is 0 Å². The Kier molecular flexibility index (Phi) is 2.60. The lowest BCUT2D eigenvalue weighted by Gasteiger charge is -2.12. The third-order valence-corrected chi connectivity index (χ3v) is 2.56. The molecule has 0 bridgehead atoms. The van der Waals surface area contributed by atoms with Crippen LogP contribution in [-0.2, 0) is 6.18 Å². The summed E-state index contributed by atoms with van der Waals surface area (Å²) >= 11 is 0. The standard InChI is InChI=1S/C11H12F3N3/c1-6(2)8-4-9(11(12,13)14)16-10-7(3)5-15-17(8)10/h4-6H,1-3H3. The molecule has 2 aromatic rings. The first-order chi connectivity index (χ1) is 7.80. The molecule has 0 saturated heterocycles. The normalized spacial score (nSPS) is 12.6. The maximum Gasteiger partial charge on any atom is 0.433 e. The number of alkyl halides is 3. The number of nitrogens with zero attached hydrogens (tertiary/aromatic N) is 3. The molecule has 2 heterocycles. The summed E-state index contributed by atoms with van der Waals surface area (Å²) in [6, 6.07) is 1.06. The Balaban J connectivity index is 2.78. The molecule has 0 aliphatic heterocycles. The highest BCUT2D eigenvalue weighted by Gasteiger charge is 2.34. The van der Waals surface area contributed by atoms with E-state index in [1.165, 1.54) is 10.7 Å². The summed E-state index contributed by atoms with van der Waals surface area (Å²) < 4.78 is 39.6. The molecule has 2 aromatic heterocycles. The fourth-order valence-electron chi connectivity index (χ4n) is 1.65. The highest BCUT2D eigenvalue weighted by atomic mass is 19.4. The number of aryl methyl sites for hydroxylation is 1. The van der Waals surface area contributed by atoms with Crippen molar-refractivity contribution in [2.45, 2.75) is 32.9 Å². The van der Waals surface area contributed by atoms with Gasteiger partial charge in [0.05, 0.1) is 6.20 Å². The molecule has 17 heavy (non-hydrogen) atoms. The van der Waals surface area contributed by atoms with Crippen molar-refractivity contribution in [2.75, 3.05) is 0 Å². The molecule has 0 atom stereocenters. The molecule has 0 aliphatic carbocycles. The summed E-state index contributed by atoms with van der Waals surface area (Å²) in [5.41, 5.74) is 0.550. The van der Waals surface area contributed by atoms with E-state index in [1.807, 2.05) is 13.8 Å². The summed E-state index contributed by atoms with van der Waals surface area (Å²) in [6.45, 7) is 5.34. The number of rotatable bonds is 1. The molecule has 0 radical (unpaired) electrons. The number of hydrogen-bond acceptors (Lipinski definition) is 2. The minimum atomic E-state index is -4.43. The molecule has 0 spiro atoms. The monoisotopic (exact) mass is 243 g/mol. The average Bonchev–Trinajstić information content (AvgIpc) is 2.58. The molecule has 3 nitrogen and oxygen atoms in total. The minimum Gasteiger partial charge on any atom is -0.224 e. The molecule has 6 heteroatoms. The lowest BCUT2D eigenvalue weighted by atomic mass is 10.1. The van der Waals surface area contributed by atoms with Crippen LogP contribution in [0.4, 0.5) is 13.2 Å². The van der Waals surface area contributed by atoms with Crippen molar-refractivity contribution in [3.8, 4) is 0 Å². The number of fused-ring (bicyclic) bond motifs is 1. The van der Waals surface area contributed by atoms with Gasteiger partial charge in [0.1, 0.15) is 5.69 Å². The van der Waals surface area contributed by atoms with Crippen molar-refractivity contribution < 1.29 is 13.2 Å². The molecule has 2 rings (SSSR count). The topological polar surface area (TPSA) is 30.2 Å². The van der Waals surface area contributed by atoms with Gasteiger partial charge in [0, 0.05) is 11.3 Å². The van der Waals surface area contributed by atoms with Crippen molar-refractivity contribution in [1.82, 2.24) is 14.6 Å². The van der Waals surface area contributed by atoms with E-state index in [4.69, 9.17) is 0 Å². The fourth-order valence-corrected chi connectivity index (χ4v) is 1.65. The van der Waals surface area contributed by atoms with E-state index in [0.717, 1.165) is 6.07 Å². The largest absolute Gasteiger partial charge is 0.433 e. The van der Waals surface area contributed by atoms with E-state index in [-0.39, 0.29) is 11.6 Å². The Morgan fingerprint density at radius 2 is 1.94 bits per heavy atom. The molecular formula is C11H12F3N3. The molecule has 0 unspecified atom stereocenters. The predicted octanol–water partition coefficient (Wildman–Crippen LogP) is 3.18. The van der Waals surface area contributed by atoms with Crippen LogP contribution in [0.25, 0.3) is 5.65 Å². The molecule has 92 valence electrons. The second-order valence-electron chi connectivity index (χ2n) is 4.28. The lowest BCUT2D eigenvalue weighted by molar-refractivity contribution is -0.141. The third-order valence-electron chi connectivity index (χ3n) is 2.56. The first kappa shape index (κ1) is 11.9. The van der Waals surface area contributed by atoms with E-state index in [9.17, 15) is 13.2 Å². The van der Waals surface area contributed by atoms with Gasteiger partial charge in [-0.15, -0.1) is 0 Å². The van der Waals surface area contributed by atoms with E-state index in [0.29, 0.717) is 11.3 Å². The molecule has 0 fully saturated rings. The van der Waals surface area contributed by atoms with Crippen molar-refractivity contribution in [3.63, 3.8) is 0 Å². The number of halogens is 3. The molecule has 0 aliphatic rings. The van der Waals surface area contributed by atoms with Crippen LogP contribution in [0, 0.1) is 6.92 Å². The summed E-state index contributed by atoms with van der Waals surface area (Å²) in [7, 11) is 0. The van der Waals surface area contributed by atoms with Gasteiger partial charge in [-0.2, -0.15) is 18.3 Å². The number of aromatic nitrogens is 3. The van der Waals surface area contributed by atoms with Crippen molar-refractivity contribution >= 4 is 5.65 Å². The molecule has 0 amide bonds. The van der Waals surface area contributed by atoms with Crippen LogP contribution in [0.3, 0.4) is 0 Å². The van der Waals surface area contributed by atoms with Crippen LogP contribution in [0.5, 0.6) is 0 Å². The van der Waals surface area contributed by atoms with Crippen LogP contribution in [0.15, 0.2) is 12.3 Å². The molecular weight excluding hydrogens is 231 g/mol. The smallest absolute Gasteiger partial charge is 0.224 e. The van der Waals surface area contributed by atoms with Gasteiger partial charge in [-0.1, -0.05) is 13.8 Å². The van der Waals surface area contributed by atoms with Gasteiger partial charge < -0.3 is 0 Å². The van der Waals surface area contributed by atoms with Gasteiger partial charge in [0.2, 0.25) is 0 Å². The maximum absolute atomic E-state index is 12.7. The van der Waals surface area contributed by atoms with Crippen LogP contribution in [0.2, 0.25) is 0 Å². The number of hydrogen-bond donors (Lipinski definition) is 0. The SMILES string of the molecule is Cc1cnn2c(C(C)C)cc(C(F)(F)F)nc12. The molecule has 0 saturated carbocycles. The van der Waals surface area contributed by atoms with Gasteiger partial charge >= 0.3 is 6.18 Å². The zero-order chi connectivity index (χ0) is 12.8. The Labute approximate surface area is 96.3 Å². The van der Waals surface area contributed by atoms with Gasteiger partial charge in [0.25, 0.3) is 0 Å². The lowest BCUT2D eigenvalue weighted by Crippen LogP contribution is -2.13. The first-order valence-corrected chi connectivity index (χ1v) is 5.23. The second-order valence-corrected chi connectivity index (χ2v) is 4.28. The van der Waals surface area contributed by atoms with Crippen molar-refractivity contribution in [2.24, 2.45) is 0 Å². The van der Waals surface area contributed by atoms with Gasteiger partial charge in [-0.25, -0.2) is 9.50 Å². The quantitative estimate of drug-likeness (QED) is 0.770. The van der Waals surface area contributed by atoms with E-state index < -0.39 is 11.9 Å². The highest BCUT2D eigenvalue weighted by Crippen LogP contribution is 2.30. The minimum absolute atomic E-state index is 0.0547. The Hall–Kier alpha value is -1.59. The van der Waals surface area contributed by atoms with Crippen LogP contribution < -0.4 is 0 Å². The van der Waals surface area contributed by atoms with Gasteiger partial charge in [-0.3, -0.25) is 0 Å². The maximum atomic E-state index is 12.7. The van der Waals surface area contributed by atoms with E-state index in [1.54, 1.807) is 6.92 Å². The van der Waals surface area contributed by atoms with E-state index >= 15 is 0 Å². The molecule has 0 aromatic carbocycles. The zero-order valence-corrected chi connectivity index (χ0v) is 9.71. The highest BCUT2D eigenvalue weighted by molar-refractivity contribution is 5.47. The Morgan fingerprint density at radius 3 is 2.47 bits per heavy atom. The summed E-state index contributed by atoms with van der Waals surface area (Å²) in [5, 5.41) is 4.05. The summed E-state index contributed by atoms with van der Waals surface area (Å²) in [5.74, 6) is -0.0547. The van der Waals surface area contributed by atoms with Gasteiger partial charge in [0.15, 0.2) is 5.65 Å². The second kappa shape index (κ2) is 3.72. The van der Waals surface area contributed by atoms with Crippen molar-refractivity contribution in [3.05, 3.63) is 29.2 Å². The van der Waals surface area contributed by atoms with Gasteiger partial charge in [-0.05, 0) is 18.9 Å². The van der Waals surface area contributed by atoms with Crippen LogP contribution in [0.1, 0.15) is 36.7 Å². The first-order valence-electron chi connectivity index (χ1n) is 5.23. The molecule has 0 N–H and O–H groups in total. The van der Waals surface area contributed by atoms with E-state index in [2.05, 4.69) is 10.1 Å². The Morgan fingerprint density at radius 1 is 1.29 bits per heavy atom. The zero-order valence-electron chi connectivity index (χ0n) is 9.71. The predicted molar refractivity (Wildman–Crippen MR) is 56.8 cm³/mol.